The molecule has 5 nitrogen and oxygen atoms in total. The summed E-state index contributed by atoms with van der Waals surface area (Å²) >= 11 is 0. The van der Waals surface area contributed by atoms with Gasteiger partial charge in [0, 0.05) is 31.2 Å². The van der Waals surface area contributed by atoms with Crippen molar-refractivity contribution in [3.63, 3.8) is 0 Å². The van der Waals surface area contributed by atoms with Crippen molar-refractivity contribution < 1.29 is 14.6 Å². The second-order valence-electron chi connectivity index (χ2n) is 5.36. The fraction of sp³-hybridized carbons (Fsp3) is 0.375. The maximum absolute atomic E-state index is 10.8. The van der Waals surface area contributed by atoms with E-state index in [-0.39, 0.29) is 12.5 Å². The Labute approximate surface area is 123 Å². The third-order valence-corrected chi connectivity index (χ3v) is 3.70. The number of pyridine rings is 1. The maximum atomic E-state index is 10.8. The molecule has 3 rings (SSSR count). The summed E-state index contributed by atoms with van der Waals surface area (Å²) < 4.78 is 5.49. The number of aliphatic carboxylic acids is 1. The number of hydrogen-bond acceptors (Lipinski definition) is 4. The van der Waals surface area contributed by atoms with Crippen LogP contribution in [-0.2, 0) is 16.1 Å². The standard InChI is InChI=1S/C16H18N2O3/c19-16(20)9-14-11-18(6-7-21-14)10-12-3-4-15-13(8-12)2-1-5-17-15/h1-5,8,14H,6-7,9-11H2,(H,19,20). The molecule has 1 aliphatic heterocycles. The first-order valence-electron chi connectivity index (χ1n) is 7.10. The van der Waals surface area contributed by atoms with Gasteiger partial charge in [0.2, 0.25) is 0 Å². The van der Waals surface area contributed by atoms with Gasteiger partial charge in [-0.25, -0.2) is 0 Å². The van der Waals surface area contributed by atoms with Gasteiger partial charge in [-0.2, -0.15) is 0 Å². The maximum Gasteiger partial charge on any atom is 0.306 e. The van der Waals surface area contributed by atoms with Crippen molar-refractivity contribution >= 4 is 16.9 Å². The summed E-state index contributed by atoms with van der Waals surface area (Å²) in [5.74, 6) is -0.807. The third kappa shape index (κ3) is 3.56. The molecular formula is C16H18N2O3. The molecule has 1 aromatic carbocycles. The average molecular weight is 286 g/mol. The fourth-order valence-corrected chi connectivity index (χ4v) is 2.72. The van der Waals surface area contributed by atoms with Crippen molar-refractivity contribution in [2.45, 2.75) is 19.1 Å². The van der Waals surface area contributed by atoms with Crippen molar-refractivity contribution in [3.05, 3.63) is 42.1 Å². The lowest BCUT2D eigenvalue weighted by Crippen LogP contribution is -2.42. The lowest BCUT2D eigenvalue weighted by molar-refractivity contribution is -0.142. The number of fused-ring (bicyclic) bond motifs is 1. The third-order valence-electron chi connectivity index (χ3n) is 3.70. The second kappa shape index (κ2) is 6.20. The van der Waals surface area contributed by atoms with Gasteiger partial charge in [0.15, 0.2) is 0 Å². The Morgan fingerprint density at radius 3 is 3.19 bits per heavy atom. The summed E-state index contributed by atoms with van der Waals surface area (Å²) in [6.07, 6.45) is 1.65. The first kappa shape index (κ1) is 14.0. The van der Waals surface area contributed by atoms with Crippen LogP contribution in [-0.4, -0.2) is 46.8 Å². The van der Waals surface area contributed by atoms with Crippen LogP contribution >= 0.6 is 0 Å². The molecule has 0 spiro atoms. The molecule has 1 fully saturated rings. The Balaban J connectivity index is 1.68. The molecule has 2 aromatic rings. The average Bonchev–Trinajstić information content (AvgIpc) is 2.47. The van der Waals surface area contributed by atoms with Crippen LogP contribution in [0.25, 0.3) is 10.9 Å². The van der Waals surface area contributed by atoms with Gasteiger partial charge in [-0.15, -0.1) is 0 Å². The van der Waals surface area contributed by atoms with Crippen molar-refractivity contribution in [2.75, 3.05) is 19.7 Å². The number of nitrogens with zero attached hydrogens (tertiary/aromatic N) is 2. The summed E-state index contributed by atoms with van der Waals surface area (Å²) in [5, 5.41) is 9.98. The van der Waals surface area contributed by atoms with Crippen molar-refractivity contribution in [3.8, 4) is 0 Å². The SMILES string of the molecule is O=C(O)CC1CN(Cc2ccc3ncccc3c2)CCO1. The number of carboxylic acids is 1. The first-order valence-corrected chi connectivity index (χ1v) is 7.10. The van der Waals surface area contributed by atoms with E-state index in [0.717, 1.165) is 24.0 Å². The van der Waals surface area contributed by atoms with Crippen molar-refractivity contribution in [2.24, 2.45) is 0 Å². The van der Waals surface area contributed by atoms with E-state index in [4.69, 9.17) is 9.84 Å². The summed E-state index contributed by atoms with van der Waals surface area (Å²) in [5.41, 5.74) is 2.21. The molecule has 0 saturated carbocycles. The number of ether oxygens (including phenoxy) is 1. The van der Waals surface area contributed by atoms with Crippen LogP contribution in [0.1, 0.15) is 12.0 Å². The minimum atomic E-state index is -0.807. The van der Waals surface area contributed by atoms with Crippen LogP contribution < -0.4 is 0 Å². The number of morpholine rings is 1. The Morgan fingerprint density at radius 1 is 1.43 bits per heavy atom. The smallest absolute Gasteiger partial charge is 0.306 e. The molecule has 1 aromatic heterocycles. The van der Waals surface area contributed by atoms with Crippen LogP contribution in [0.5, 0.6) is 0 Å². The van der Waals surface area contributed by atoms with Gasteiger partial charge in [-0.1, -0.05) is 12.1 Å². The van der Waals surface area contributed by atoms with Gasteiger partial charge in [0.25, 0.3) is 0 Å². The number of carbonyl (C=O) groups is 1. The van der Waals surface area contributed by atoms with Crippen molar-refractivity contribution in [1.29, 1.82) is 0 Å². The zero-order chi connectivity index (χ0) is 14.7. The minimum absolute atomic E-state index is 0.0676. The van der Waals surface area contributed by atoms with E-state index in [1.165, 1.54) is 5.56 Å². The van der Waals surface area contributed by atoms with E-state index < -0.39 is 5.97 Å². The highest BCUT2D eigenvalue weighted by Gasteiger charge is 2.22. The van der Waals surface area contributed by atoms with Crippen LogP contribution in [0.3, 0.4) is 0 Å². The molecule has 0 bridgehead atoms. The quantitative estimate of drug-likeness (QED) is 0.930. The van der Waals surface area contributed by atoms with Crippen LogP contribution in [0, 0.1) is 0 Å². The van der Waals surface area contributed by atoms with Crippen LogP contribution in [0.4, 0.5) is 0 Å². The molecule has 5 heteroatoms. The summed E-state index contributed by atoms with van der Waals surface area (Å²) in [4.78, 5) is 17.3. The van der Waals surface area contributed by atoms with E-state index in [1.54, 1.807) is 6.20 Å². The van der Waals surface area contributed by atoms with E-state index in [1.807, 2.05) is 12.1 Å². The number of carboxylic acid groups (broad SMARTS) is 1. The molecule has 0 amide bonds. The zero-order valence-corrected chi connectivity index (χ0v) is 11.7. The van der Waals surface area contributed by atoms with Gasteiger partial charge >= 0.3 is 5.97 Å². The fourth-order valence-electron chi connectivity index (χ4n) is 2.72. The molecule has 1 aliphatic rings. The number of benzene rings is 1. The van der Waals surface area contributed by atoms with E-state index in [0.29, 0.717) is 13.2 Å². The van der Waals surface area contributed by atoms with Gasteiger partial charge in [0.1, 0.15) is 0 Å². The molecule has 2 heterocycles. The summed E-state index contributed by atoms with van der Waals surface area (Å²) in [7, 11) is 0. The predicted molar refractivity (Wildman–Crippen MR) is 79.0 cm³/mol. The van der Waals surface area contributed by atoms with Gasteiger partial charge in [-0.3, -0.25) is 14.7 Å². The molecule has 1 saturated heterocycles. The largest absolute Gasteiger partial charge is 0.481 e. The number of hydrogen-bond donors (Lipinski definition) is 1. The predicted octanol–water partition coefficient (Wildman–Crippen LogP) is 1.91. The second-order valence-corrected chi connectivity index (χ2v) is 5.36. The van der Waals surface area contributed by atoms with E-state index in [9.17, 15) is 4.79 Å². The first-order chi connectivity index (χ1) is 10.2. The Hall–Kier alpha value is -1.98. The van der Waals surface area contributed by atoms with Gasteiger partial charge in [0.05, 0.1) is 24.6 Å². The van der Waals surface area contributed by atoms with Crippen molar-refractivity contribution in [1.82, 2.24) is 9.88 Å². The highest BCUT2D eigenvalue weighted by atomic mass is 16.5. The Morgan fingerprint density at radius 2 is 2.33 bits per heavy atom. The highest BCUT2D eigenvalue weighted by Crippen LogP contribution is 2.17. The van der Waals surface area contributed by atoms with Gasteiger partial charge < -0.3 is 9.84 Å². The van der Waals surface area contributed by atoms with Gasteiger partial charge in [-0.05, 0) is 23.8 Å². The zero-order valence-electron chi connectivity index (χ0n) is 11.7. The topological polar surface area (TPSA) is 62.7 Å². The molecular weight excluding hydrogens is 268 g/mol. The minimum Gasteiger partial charge on any atom is -0.481 e. The van der Waals surface area contributed by atoms with Crippen LogP contribution in [0.15, 0.2) is 36.5 Å². The number of aromatic nitrogens is 1. The number of rotatable bonds is 4. The molecule has 1 unspecified atom stereocenters. The summed E-state index contributed by atoms with van der Waals surface area (Å²) in [6, 6.07) is 10.2. The Kier molecular flexibility index (Phi) is 4.13. The molecule has 0 aliphatic carbocycles. The lowest BCUT2D eigenvalue weighted by Gasteiger charge is -2.32. The Bertz CT molecular complexity index is 644. The van der Waals surface area contributed by atoms with Crippen LogP contribution in [0.2, 0.25) is 0 Å². The van der Waals surface area contributed by atoms with E-state index in [2.05, 4.69) is 28.1 Å². The summed E-state index contributed by atoms with van der Waals surface area (Å²) in [6.45, 7) is 2.90. The van der Waals surface area contributed by atoms with E-state index >= 15 is 0 Å². The monoisotopic (exact) mass is 286 g/mol. The lowest BCUT2D eigenvalue weighted by atomic mass is 10.1. The molecule has 21 heavy (non-hydrogen) atoms. The molecule has 1 atom stereocenters. The normalized spacial score (nSPS) is 19.7. The molecule has 110 valence electrons. The molecule has 0 radical (unpaired) electrons. The highest BCUT2D eigenvalue weighted by molar-refractivity contribution is 5.78. The molecule has 1 N–H and O–H groups in total.